The fraction of sp³-hybridized carbons (Fsp3) is 0.652. The van der Waals surface area contributed by atoms with Crippen LogP contribution in [0.4, 0.5) is 0 Å². The van der Waals surface area contributed by atoms with E-state index in [1.807, 2.05) is 25.9 Å². The molecule has 1 aromatic rings. The highest BCUT2D eigenvalue weighted by atomic mass is 16.2. The van der Waals surface area contributed by atoms with Gasteiger partial charge in [0.2, 0.25) is 11.8 Å². The van der Waals surface area contributed by atoms with Crippen molar-refractivity contribution in [3.8, 4) is 0 Å². The summed E-state index contributed by atoms with van der Waals surface area (Å²) in [7, 11) is 3.63. The smallest absolute Gasteiger partial charge is 0.239 e. The van der Waals surface area contributed by atoms with Gasteiger partial charge in [0, 0.05) is 33.7 Å². The van der Waals surface area contributed by atoms with Crippen molar-refractivity contribution in [1.82, 2.24) is 14.7 Å². The normalized spacial score (nSPS) is 22.7. The minimum Gasteiger partial charge on any atom is -0.349 e. The van der Waals surface area contributed by atoms with E-state index in [-0.39, 0.29) is 23.8 Å². The Morgan fingerprint density at radius 3 is 2.39 bits per heavy atom. The average molecular weight is 386 g/mol. The number of likely N-dealkylation sites (tertiary alicyclic amines) is 2. The molecule has 154 valence electrons. The molecule has 5 nitrogen and oxygen atoms in total. The first kappa shape index (κ1) is 20.8. The van der Waals surface area contributed by atoms with Gasteiger partial charge in [0.25, 0.3) is 0 Å². The monoisotopic (exact) mass is 385 g/mol. The van der Waals surface area contributed by atoms with Crippen molar-refractivity contribution in [3.63, 3.8) is 0 Å². The summed E-state index contributed by atoms with van der Waals surface area (Å²) >= 11 is 0. The number of nitrogens with zero attached hydrogens (tertiary/aromatic N) is 3. The van der Waals surface area contributed by atoms with Crippen molar-refractivity contribution in [2.75, 3.05) is 40.3 Å². The standard InChI is InChI=1S/C23H35N3O2/c1-18(26-13-7-10-21(17-26)23(28)24(2)3)22(27)25-14-11-20(12-15-25)16-19-8-5-4-6-9-19/h4-6,8-9,18,20-21H,7,10-17H2,1-3H3. The number of hydrogen-bond acceptors (Lipinski definition) is 3. The zero-order valence-electron chi connectivity index (χ0n) is 17.6. The van der Waals surface area contributed by atoms with Gasteiger partial charge in [-0.05, 0) is 57.1 Å². The minimum atomic E-state index is -0.136. The Morgan fingerprint density at radius 1 is 1.07 bits per heavy atom. The van der Waals surface area contributed by atoms with Gasteiger partial charge in [-0.25, -0.2) is 0 Å². The van der Waals surface area contributed by atoms with Gasteiger partial charge in [-0.3, -0.25) is 14.5 Å². The second-order valence-electron chi connectivity index (χ2n) is 8.70. The Morgan fingerprint density at radius 2 is 1.75 bits per heavy atom. The van der Waals surface area contributed by atoms with Crippen LogP contribution in [0.3, 0.4) is 0 Å². The summed E-state index contributed by atoms with van der Waals surface area (Å²) < 4.78 is 0. The first-order valence-corrected chi connectivity index (χ1v) is 10.7. The van der Waals surface area contributed by atoms with Crippen molar-refractivity contribution >= 4 is 11.8 Å². The molecule has 28 heavy (non-hydrogen) atoms. The maximum Gasteiger partial charge on any atom is 0.239 e. The molecule has 0 radical (unpaired) electrons. The molecule has 1 aromatic carbocycles. The van der Waals surface area contributed by atoms with Gasteiger partial charge in [-0.2, -0.15) is 0 Å². The SMILES string of the molecule is CC(C(=O)N1CCC(Cc2ccccc2)CC1)N1CCCC(C(=O)N(C)C)C1. The Hall–Kier alpha value is -1.88. The van der Waals surface area contributed by atoms with Gasteiger partial charge in [-0.15, -0.1) is 0 Å². The second kappa shape index (κ2) is 9.55. The van der Waals surface area contributed by atoms with Crippen molar-refractivity contribution < 1.29 is 9.59 Å². The molecule has 0 aromatic heterocycles. The van der Waals surface area contributed by atoms with Crippen molar-refractivity contribution in [3.05, 3.63) is 35.9 Å². The summed E-state index contributed by atoms with van der Waals surface area (Å²) in [5.74, 6) is 1.11. The summed E-state index contributed by atoms with van der Waals surface area (Å²) in [6.45, 7) is 5.34. The molecule has 2 atom stereocenters. The molecule has 0 aliphatic carbocycles. The van der Waals surface area contributed by atoms with Gasteiger partial charge in [0.05, 0.1) is 12.0 Å². The van der Waals surface area contributed by atoms with E-state index >= 15 is 0 Å². The van der Waals surface area contributed by atoms with E-state index in [2.05, 4.69) is 35.2 Å². The molecule has 2 aliphatic rings. The van der Waals surface area contributed by atoms with E-state index in [0.717, 1.165) is 51.7 Å². The molecule has 2 aliphatic heterocycles. The Balaban J connectivity index is 1.49. The summed E-state index contributed by atoms with van der Waals surface area (Å²) in [5.41, 5.74) is 1.39. The van der Waals surface area contributed by atoms with Crippen LogP contribution >= 0.6 is 0 Å². The summed E-state index contributed by atoms with van der Waals surface area (Å²) in [6, 6.07) is 10.5. The number of hydrogen-bond donors (Lipinski definition) is 0. The van der Waals surface area contributed by atoms with Crippen LogP contribution in [0.2, 0.25) is 0 Å². The number of piperidine rings is 2. The first-order valence-electron chi connectivity index (χ1n) is 10.7. The summed E-state index contributed by atoms with van der Waals surface area (Å²) in [4.78, 5) is 31.3. The van der Waals surface area contributed by atoms with Crippen LogP contribution in [0.15, 0.2) is 30.3 Å². The number of carbonyl (C=O) groups excluding carboxylic acids is 2. The van der Waals surface area contributed by atoms with Gasteiger partial charge >= 0.3 is 0 Å². The van der Waals surface area contributed by atoms with Crippen LogP contribution in [0.5, 0.6) is 0 Å². The lowest BCUT2D eigenvalue weighted by Crippen LogP contribution is -2.53. The lowest BCUT2D eigenvalue weighted by molar-refractivity contribution is -0.141. The van der Waals surface area contributed by atoms with Crippen LogP contribution in [-0.2, 0) is 16.0 Å². The predicted molar refractivity (Wildman–Crippen MR) is 112 cm³/mol. The molecular weight excluding hydrogens is 350 g/mol. The molecule has 2 fully saturated rings. The van der Waals surface area contributed by atoms with E-state index in [4.69, 9.17) is 0 Å². The van der Waals surface area contributed by atoms with Gasteiger partial charge < -0.3 is 9.80 Å². The summed E-state index contributed by atoms with van der Waals surface area (Å²) in [5, 5.41) is 0. The third-order valence-electron chi connectivity index (χ3n) is 6.44. The topological polar surface area (TPSA) is 43.9 Å². The van der Waals surface area contributed by atoms with Crippen LogP contribution in [0, 0.1) is 11.8 Å². The maximum atomic E-state index is 13.1. The van der Waals surface area contributed by atoms with Crippen LogP contribution in [0.1, 0.15) is 38.2 Å². The Labute approximate surface area is 169 Å². The van der Waals surface area contributed by atoms with E-state index in [1.54, 1.807) is 4.90 Å². The number of benzene rings is 1. The molecule has 0 bridgehead atoms. The van der Waals surface area contributed by atoms with E-state index in [0.29, 0.717) is 12.5 Å². The zero-order valence-corrected chi connectivity index (χ0v) is 17.6. The number of amides is 2. The van der Waals surface area contributed by atoms with E-state index in [1.165, 1.54) is 5.56 Å². The van der Waals surface area contributed by atoms with Gasteiger partial charge in [-0.1, -0.05) is 30.3 Å². The highest BCUT2D eigenvalue weighted by Crippen LogP contribution is 2.24. The molecule has 3 rings (SSSR count). The van der Waals surface area contributed by atoms with Crippen molar-refractivity contribution in [2.45, 2.75) is 45.1 Å². The Kier molecular flexibility index (Phi) is 7.11. The molecule has 0 saturated carbocycles. The molecule has 0 N–H and O–H groups in total. The molecule has 2 amide bonds. The second-order valence-corrected chi connectivity index (χ2v) is 8.70. The van der Waals surface area contributed by atoms with E-state index in [9.17, 15) is 9.59 Å². The Bertz CT molecular complexity index is 653. The number of rotatable bonds is 5. The third kappa shape index (κ3) is 5.13. The van der Waals surface area contributed by atoms with Crippen LogP contribution < -0.4 is 0 Å². The molecule has 2 heterocycles. The summed E-state index contributed by atoms with van der Waals surface area (Å²) in [6.07, 6.45) is 5.18. The molecule has 2 unspecified atom stereocenters. The van der Waals surface area contributed by atoms with E-state index < -0.39 is 0 Å². The zero-order chi connectivity index (χ0) is 20.1. The van der Waals surface area contributed by atoms with Crippen LogP contribution in [-0.4, -0.2) is 72.8 Å². The quantitative estimate of drug-likeness (QED) is 0.783. The fourth-order valence-electron chi connectivity index (χ4n) is 4.65. The fourth-order valence-corrected chi connectivity index (χ4v) is 4.65. The molecular formula is C23H35N3O2. The van der Waals surface area contributed by atoms with Crippen molar-refractivity contribution in [1.29, 1.82) is 0 Å². The lowest BCUT2D eigenvalue weighted by atomic mass is 9.90. The minimum absolute atomic E-state index is 0.0237. The van der Waals surface area contributed by atoms with Gasteiger partial charge in [0.15, 0.2) is 0 Å². The number of carbonyl (C=O) groups is 2. The third-order valence-corrected chi connectivity index (χ3v) is 6.44. The molecule has 0 spiro atoms. The first-order chi connectivity index (χ1) is 13.5. The van der Waals surface area contributed by atoms with Gasteiger partial charge in [0.1, 0.15) is 0 Å². The van der Waals surface area contributed by atoms with Crippen molar-refractivity contribution in [2.24, 2.45) is 11.8 Å². The van der Waals surface area contributed by atoms with Crippen LogP contribution in [0.25, 0.3) is 0 Å². The highest BCUT2D eigenvalue weighted by molar-refractivity contribution is 5.82. The predicted octanol–water partition coefficient (Wildman–Crippen LogP) is 2.66. The largest absolute Gasteiger partial charge is 0.349 e. The highest BCUT2D eigenvalue weighted by Gasteiger charge is 2.34. The maximum absolute atomic E-state index is 13.1. The molecule has 5 heteroatoms. The lowest BCUT2D eigenvalue weighted by Gasteiger charge is -2.40. The average Bonchev–Trinajstić information content (AvgIpc) is 2.73. The molecule has 2 saturated heterocycles.